The molecule has 1 aliphatic rings. The molecule has 0 radical (unpaired) electrons. The summed E-state index contributed by atoms with van der Waals surface area (Å²) in [6.45, 7) is 2.26. The lowest BCUT2D eigenvalue weighted by Crippen LogP contribution is -2.44. The molecule has 128 valence electrons. The van der Waals surface area contributed by atoms with E-state index in [9.17, 15) is 4.79 Å². The van der Waals surface area contributed by atoms with Gasteiger partial charge in [0.1, 0.15) is 12.0 Å². The van der Waals surface area contributed by atoms with Crippen LogP contribution in [0.1, 0.15) is 34.5 Å². The molecule has 1 saturated heterocycles. The van der Waals surface area contributed by atoms with Gasteiger partial charge in [0, 0.05) is 29.6 Å². The van der Waals surface area contributed by atoms with Crippen LogP contribution in [0.25, 0.3) is 0 Å². The van der Waals surface area contributed by atoms with Gasteiger partial charge in [-0.05, 0) is 36.6 Å². The van der Waals surface area contributed by atoms with Crippen LogP contribution in [-0.4, -0.2) is 25.7 Å². The Hall–Kier alpha value is -1.63. The van der Waals surface area contributed by atoms with Gasteiger partial charge in [-0.3, -0.25) is 4.79 Å². The summed E-state index contributed by atoms with van der Waals surface area (Å²) < 4.78 is 11.8. The van der Waals surface area contributed by atoms with E-state index in [0.29, 0.717) is 31.1 Å². The predicted molar refractivity (Wildman–Crippen MR) is 94.8 cm³/mol. The van der Waals surface area contributed by atoms with Gasteiger partial charge in [-0.1, -0.05) is 28.1 Å². The SMILES string of the molecule is NCc1cc(C(=O)NCC2(c3ccc(Br)cc3)CCOCC2)co1. The summed E-state index contributed by atoms with van der Waals surface area (Å²) >= 11 is 3.47. The second kappa shape index (κ2) is 7.51. The Morgan fingerprint density at radius 2 is 1.96 bits per heavy atom. The molecule has 5 nitrogen and oxygen atoms in total. The maximum atomic E-state index is 12.4. The first-order chi connectivity index (χ1) is 11.6. The van der Waals surface area contributed by atoms with Crippen LogP contribution in [0, 0.1) is 0 Å². The van der Waals surface area contributed by atoms with Crippen LogP contribution in [0.3, 0.4) is 0 Å². The number of carbonyl (C=O) groups is 1. The second-order valence-electron chi connectivity index (χ2n) is 6.09. The molecule has 0 unspecified atom stereocenters. The monoisotopic (exact) mass is 392 g/mol. The molecular formula is C18H21BrN2O3. The lowest BCUT2D eigenvalue weighted by atomic mass is 9.74. The third kappa shape index (κ3) is 3.71. The highest BCUT2D eigenvalue weighted by Gasteiger charge is 2.35. The quantitative estimate of drug-likeness (QED) is 0.819. The summed E-state index contributed by atoms with van der Waals surface area (Å²) in [7, 11) is 0. The van der Waals surface area contributed by atoms with Gasteiger partial charge in [-0.2, -0.15) is 0 Å². The predicted octanol–water partition coefficient (Wildman–Crippen LogP) is 2.98. The smallest absolute Gasteiger partial charge is 0.254 e. The summed E-state index contributed by atoms with van der Waals surface area (Å²) in [5.74, 6) is 0.468. The topological polar surface area (TPSA) is 77.5 Å². The number of furan rings is 1. The minimum Gasteiger partial charge on any atom is -0.467 e. The summed E-state index contributed by atoms with van der Waals surface area (Å²) in [5.41, 5.74) is 7.15. The van der Waals surface area contributed by atoms with E-state index in [1.54, 1.807) is 6.07 Å². The molecule has 0 bridgehead atoms. The highest BCUT2D eigenvalue weighted by Crippen LogP contribution is 2.35. The van der Waals surface area contributed by atoms with Gasteiger partial charge in [-0.25, -0.2) is 0 Å². The molecule has 0 atom stereocenters. The molecule has 3 rings (SSSR count). The first kappa shape index (κ1) is 17.2. The van der Waals surface area contributed by atoms with Crippen molar-refractivity contribution in [1.29, 1.82) is 0 Å². The maximum absolute atomic E-state index is 12.4. The highest BCUT2D eigenvalue weighted by atomic mass is 79.9. The first-order valence-electron chi connectivity index (χ1n) is 8.02. The van der Waals surface area contributed by atoms with E-state index in [-0.39, 0.29) is 17.9 Å². The molecule has 0 aliphatic carbocycles. The minimum absolute atomic E-state index is 0.102. The van der Waals surface area contributed by atoms with E-state index >= 15 is 0 Å². The fourth-order valence-electron chi connectivity index (χ4n) is 3.09. The van der Waals surface area contributed by atoms with Crippen molar-refractivity contribution in [2.24, 2.45) is 5.73 Å². The number of rotatable bonds is 5. The molecule has 1 aromatic carbocycles. The van der Waals surface area contributed by atoms with Crippen LogP contribution in [0.4, 0.5) is 0 Å². The van der Waals surface area contributed by atoms with E-state index in [0.717, 1.165) is 17.3 Å². The average molecular weight is 393 g/mol. The zero-order valence-corrected chi connectivity index (χ0v) is 15.0. The number of hydrogen-bond acceptors (Lipinski definition) is 4. The number of nitrogens with one attached hydrogen (secondary N) is 1. The largest absolute Gasteiger partial charge is 0.467 e. The van der Waals surface area contributed by atoms with Crippen molar-refractivity contribution in [3.8, 4) is 0 Å². The maximum Gasteiger partial charge on any atom is 0.254 e. The van der Waals surface area contributed by atoms with Gasteiger partial charge in [0.25, 0.3) is 5.91 Å². The Bertz CT molecular complexity index is 691. The van der Waals surface area contributed by atoms with Crippen LogP contribution in [0.5, 0.6) is 0 Å². The summed E-state index contributed by atoms with van der Waals surface area (Å²) in [4.78, 5) is 12.4. The zero-order chi connectivity index (χ0) is 17.0. The third-order valence-corrected chi connectivity index (χ3v) is 5.14. The minimum atomic E-state index is -0.138. The standard InChI is InChI=1S/C18H21BrN2O3/c19-15-3-1-14(2-4-15)18(5-7-23-8-6-18)12-21-17(22)13-9-16(10-20)24-11-13/h1-4,9,11H,5-8,10,12,20H2,(H,21,22). The van der Waals surface area contributed by atoms with Crippen LogP contribution in [-0.2, 0) is 16.7 Å². The number of halogens is 1. The number of benzene rings is 1. The van der Waals surface area contributed by atoms with E-state index in [4.69, 9.17) is 14.9 Å². The molecule has 3 N–H and O–H groups in total. The number of nitrogens with two attached hydrogens (primary N) is 1. The summed E-state index contributed by atoms with van der Waals surface area (Å²) in [5, 5.41) is 3.05. The van der Waals surface area contributed by atoms with Gasteiger partial charge in [-0.15, -0.1) is 0 Å². The van der Waals surface area contributed by atoms with Gasteiger partial charge in [0.05, 0.1) is 12.1 Å². The molecule has 1 fully saturated rings. The van der Waals surface area contributed by atoms with Crippen molar-refractivity contribution >= 4 is 21.8 Å². The lowest BCUT2D eigenvalue weighted by Gasteiger charge is -2.38. The Labute approximate surface area is 149 Å². The molecular weight excluding hydrogens is 372 g/mol. The van der Waals surface area contributed by atoms with Crippen molar-refractivity contribution in [3.05, 3.63) is 58.0 Å². The second-order valence-corrected chi connectivity index (χ2v) is 7.00. The summed E-state index contributed by atoms with van der Waals surface area (Å²) in [6, 6.07) is 10.00. The van der Waals surface area contributed by atoms with Crippen molar-refractivity contribution < 1.29 is 13.9 Å². The molecule has 6 heteroatoms. The van der Waals surface area contributed by atoms with Gasteiger partial charge < -0.3 is 20.2 Å². The first-order valence-corrected chi connectivity index (χ1v) is 8.82. The Morgan fingerprint density at radius 1 is 1.25 bits per heavy atom. The number of carbonyl (C=O) groups excluding carboxylic acids is 1. The van der Waals surface area contributed by atoms with E-state index < -0.39 is 0 Å². The number of ether oxygens (including phenoxy) is 1. The molecule has 24 heavy (non-hydrogen) atoms. The molecule has 1 amide bonds. The Morgan fingerprint density at radius 3 is 2.58 bits per heavy atom. The molecule has 1 aliphatic heterocycles. The Kier molecular flexibility index (Phi) is 5.38. The molecule has 0 saturated carbocycles. The van der Waals surface area contributed by atoms with Crippen LogP contribution in [0.15, 0.2) is 45.5 Å². The average Bonchev–Trinajstić information content (AvgIpc) is 3.10. The van der Waals surface area contributed by atoms with Crippen molar-refractivity contribution in [1.82, 2.24) is 5.32 Å². The van der Waals surface area contributed by atoms with Crippen molar-refractivity contribution in [3.63, 3.8) is 0 Å². The highest BCUT2D eigenvalue weighted by molar-refractivity contribution is 9.10. The third-order valence-electron chi connectivity index (χ3n) is 4.61. The lowest BCUT2D eigenvalue weighted by molar-refractivity contribution is 0.0487. The molecule has 1 aromatic heterocycles. The van der Waals surface area contributed by atoms with Crippen LogP contribution >= 0.6 is 15.9 Å². The molecule has 2 heterocycles. The van der Waals surface area contributed by atoms with E-state index in [2.05, 4.69) is 33.4 Å². The molecule has 2 aromatic rings. The number of amides is 1. The Balaban J connectivity index is 1.75. The fourth-order valence-corrected chi connectivity index (χ4v) is 3.36. The van der Waals surface area contributed by atoms with Gasteiger partial charge in [0.15, 0.2) is 0 Å². The van der Waals surface area contributed by atoms with Crippen molar-refractivity contribution in [2.75, 3.05) is 19.8 Å². The van der Waals surface area contributed by atoms with Gasteiger partial charge in [0.2, 0.25) is 0 Å². The van der Waals surface area contributed by atoms with E-state index in [1.165, 1.54) is 11.8 Å². The molecule has 0 spiro atoms. The number of hydrogen-bond donors (Lipinski definition) is 2. The van der Waals surface area contributed by atoms with Crippen LogP contribution < -0.4 is 11.1 Å². The zero-order valence-electron chi connectivity index (χ0n) is 13.4. The summed E-state index contributed by atoms with van der Waals surface area (Å²) in [6.07, 6.45) is 3.22. The normalized spacial score (nSPS) is 16.8. The fraction of sp³-hybridized carbons (Fsp3) is 0.389. The van der Waals surface area contributed by atoms with E-state index in [1.807, 2.05) is 12.1 Å². The van der Waals surface area contributed by atoms with Crippen molar-refractivity contribution in [2.45, 2.75) is 24.8 Å². The van der Waals surface area contributed by atoms with Crippen LogP contribution in [0.2, 0.25) is 0 Å². The van der Waals surface area contributed by atoms with Gasteiger partial charge >= 0.3 is 0 Å².